The first-order chi connectivity index (χ1) is 9.47. The van der Waals surface area contributed by atoms with Crippen molar-refractivity contribution in [3.63, 3.8) is 0 Å². The van der Waals surface area contributed by atoms with Crippen LogP contribution in [0.3, 0.4) is 0 Å². The first-order valence-electron chi connectivity index (χ1n) is 6.19. The number of nitrogens with zero attached hydrogens (tertiary/aromatic N) is 2. The van der Waals surface area contributed by atoms with Gasteiger partial charge in [-0.15, -0.1) is 0 Å². The number of benzene rings is 1. The summed E-state index contributed by atoms with van der Waals surface area (Å²) in [4.78, 5) is 16.2. The molecule has 1 saturated heterocycles. The van der Waals surface area contributed by atoms with Crippen LogP contribution in [0.1, 0.15) is 10.4 Å². The van der Waals surface area contributed by atoms with Crippen LogP contribution in [0.4, 0.5) is 8.78 Å². The van der Waals surface area contributed by atoms with Gasteiger partial charge in [-0.3, -0.25) is 4.79 Å². The first-order valence-corrected chi connectivity index (χ1v) is 6.99. The zero-order valence-corrected chi connectivity index (χ0v) is 12.6. The number of carbonyl (C=O) groups excluding carboxylic acids is 1. The summed E-state index contributed by atoms with van der Waals surface area (Å²) >= 11 is 3.18. The smallest absolute Gasteiger partial charge is 0.387 e. The summed E-state index contributed by atoms with van der Waals surface area (Å²) in [5.74, 6) is -0.375. The highest BCUT2D eigenvalue weighted by molar-refractivity contribution is 9.10. The van der Waals surface area contributed by atoms with Crippen molar-refractivity contribution in [1.29, 1.82) is 0 Å². The van der Waals surface area contributed by atoms with E-state index in [2.05, 4.69) is 25.6 Å². The maximum Gasteiger partial charge on any atom is 0.387 e. The van der Waals surface area contributed by atoms with Gasteiger partial charge >= 0.3 is 6.61 Å². The molecule has 0 radical (unpaired) electrons. The van der Waals surface area contributed by atoms with E-state index in [0.717, 1.165) is 13.1 Å². The van der Waals surface area contributed by atoms with E-state index in [-0.39, 0.29) is 17.2 Å². The average molecular weight is 349 g/mol. The van der Waals surface area contributed by atoms with E-state index in [9.17, 15) is 13.6 Å². The largest absolute Gasteiger partial charge is 0.434 e. The number of ether oxygens (including phenoxy) is 1. The normalized spacial score (nSPS) is 16.6. The third kappa shape index (κ3) is 3.67. The van der Waals surface area contributed by atoms with Gasteiger partial charge in [0, 0.05) is 30.7 Å². The molecule has 1 aromatic rings. The molecule has 110 valence electrons. The first kappa shape index (κ1) is 15.2. The molecule has 0 aromatic heterocycles. The van der Waals surface area contributed by atoms with Crippen LogP contribution in [-0.2, 0) is 0 Å². The van der Waals surface area contributed by atoms with Gasteiger partial charge in [0.05, 0.1) is 5.56 Å². The van der Waals surface area contributed by atoms with E-state index >= 15 is 0 Å². The molecule has 4 nitrogen and oxygen atoms in total. The number of rotatable bonds is 3. The van der Waals surface area contributed by atoms with Crippen molar-refractivity contribution in [2.45, 2.75) is 6.61 Å². The molecule has 7 heteroatoms. The lowest BCUT2D eigenvalue weighted by atomic mass is 10.1. The number of hydrogen-bond donors (Lipinski definition) is 0. The van der Waals surface area contributed by atoms with Crippen molar-refractivity contribution in [2.75, 3.05) is 33.2 Å². The molecular weight excluding hydrogens is 334 g/mol. The van der Waals surface area contributed by atoms with Crippen LogP contribution in [0.2, 0.25) is 0 Å². The lowest BCUT2D eigenvalue weighted by Gasteiger charge is -2.32. The average Bonchev–Trinajstić information content (AvgIpc) is 2.38. The minimum atomic E-state index is -2.96. The highest BCUT2D eigenvalue weighted by atomic mass is 79.9. The summed E-state index contributed by atoms with van der Waals surface area (Å²) in [5, 5.41) is 0. The number of piperazine rings is 1. The molecule has 0 spiro atoms. The minimum absolute atomic E-state index is 0.0988. The van der Waals surface area contributed by atoms with Crippen LogP contribution in [0, 0.1) is 0 Å². The summed E-state index contributed by atoms with van der Waals surface area (Å²) in [7, 11) is 1.98. The molecule has 0 bridgehead atoms. The lowest BCUT2D eigenvalue weighted by Crippen LogP contribution is -2.47. The van der Waals surface area contributed by atoms with E-state index in [1.54, 1.807) is 11.0 Å². The molecule has 20 heavy (non-hydrogen) atoms. The number of alkyl halides is 2. The van der Waals surface area contributed by atoms with Gasteiger partial charge in [-0.05, 0) is 25.2 Å². The van der Waals surface area contributed by atoms with E-state index in [0.29, 0.717) is 17.6 Å². The third-order valence-corrected chi connectivity index (χ3v) is 3.67. The van der Waals surface area contributed by atoms with Gasteiger partial charge in [-0.2, -0.15) is 8.78 Å². The topological polar surface area (TPSA) is 32.8 Å². The van der Waals surface area contributed by atoms with Crippen molar-refractivity contribution in [3.8, 4) is 5.75 Å². The molecule has 1 aliphatic heterocycles. The van der Waals surface area contributed by atoms with Gasteiger partial charge in [0.2, 0.25) is 0 Å². The molecule has 2 rings (SSSR count). The van der Waals surface area contributed by atoms with Crippen LogP contribution < -0.4 is 4.74 Å². The fraction of sp³-hybridized carbons (Fsp3) is 0.462. The summed E-state index contributed by atoms with van der Waals surface area (Å²) in [6, 6.07) is 4.53. The van der Waals surface area contributed by atoms with Gasteiger partial charge in [-0.1, -0.05) is 15.9 Å². The zero-order chi connectivity index (χ0) is 14.7. The molecule has 0 saturated carbocycles. The fourth-order valence-corrected chi connectivity index (χ4v) is 2.39. The Balaban J connectivity index is 2.20. The highest BCUT2D eigenvalue weighted by Gasteiger charge is 2.24. The Labute approximate surface area is 124 Å². The maximum absolute atomic E-state index is 12.4. The Hall–Kier alpha value is -1.21. The molecule has 1 aromatic carbocycles. The molecule has 1 aliphatic rings. The van der Waals surface area contributed by atoms with Gasteiger partial charge in [-0.25, -0.2) is 0 Å². The van der Waals surface area contributed by atoms with Crippen molar-refractivity contribution in [3.05, 3.63) is 28.2 Å². The Bertz CT molecular complexity index is 491. The standard InChI is InChI=1S/C13H15BrF2N2O2/c1-17-4-6-18(7-5-17)12(19)10-3-2-9(14)8-11(10)20-13(15)16/h2-3,8,13H,4-7H2,1H3. The third-order valence-electron chi connectivity index (χ3n) is 3.18. The van der Waals surface area contributed by atoms with Crippen LogP contribution in [0.5, 0.6) is 5.75 Å². The molecule has 1 heterocycles. The number of likely N-dealkylation sites (N-methyl/N-ethyl adjacent to an activating group) is 1. The quantitative estimate of drug-likeness (QED) is 0.841. The second kappa shape index (κ2) is 6.49. The van der Waals surface area contributed by atoms with E-state index < -0.39 is 6.61 Å². The van der Waals surface area contributed by atoms with Gasteiger partial charge < -0.3 is 14.5 Å². The molecule has 1 fully saturated rings. The Morgan fingerprint density at radius 3 is 2.55 bits per heavy atom. The second-order valence-corrected chi connectivity index (χ2v) is 5.53. The summed E-state index contributed by atoms with van der Waals surface area (Å²) in [6.45, 7) is -0.247. The SMILES string of the molecule is CN1CCN(C(=O)c2ccc(Br)cc2OC(F)F)CC1. The van der Waals surface area contributed by atoms with E-state index in [1.807, 2.05) is 7.05 Å². The molecule has 1 amide bonds. The van der Waals surface area contributed by atoms with E-state index in [4.69, 9.17) is 0 Å². The molecule has 0 aliphatic carbocycles. The van der Waals surface area contributed by atoms with Crippen molar-refractivity contribution in [2.24, 2.45) is 0 Å². The number of halogens is 3. The Morgan fingerprint density at radius 2 is 1.95 bits per heavy atom. The zero-order valence-electron chi connectivity index (χ0n) is 11.0. The van der Waals surface area contributed by atoms with E-state index in [1.165, 1.54) is 12.1 Å². The summed E-state index contributed by atoms with van der Waals surface area (Å²) < 4.78 is 29.9. The predicted octanol–water partition coefficient (Wildman–Crippen LogP) is 2.44. The number of carbonyl (C=O) groups is 1. The van der Waals surface area contributed by atoms with Crippen molar-refractivity contribution >= 4 is 21.8 Å². The lowest BCUT2D eigenvalue weighted by molar-refractivity contribution is -0.0503. The van der Waals surface area contributed by atoms with Crippen molar-refractivity contribution in [1.82, 2.24) is 9.80 Å². The molecule has 0 atom stereocenters. The van der Waals surface area contributed by atoms with Gasteiger partial charge in [0.15, 0.2) is 0 Å². The van der Waals surface area contributed by atoms with Crippen LogP contribution >= 0.6 is 15.9 Å². The number of amides is 1. The Kier molecular flexibility index (Phi) is 4.93. The summed E-state index contributed by atoms with van der Waals surface area (Å²) in [6.07, 6.45) is 0. The molecular formula is C13H15BrF2N2O2. The van der Waals surface area contributed by atoms with Gasteiger partial charge in [0.25, 0.3) is 5.91 Å². The maximum atomic E-state index is 12.4. The van der Waals surface area contributed by atoms with Gasteiger partial charge in [0.1, 0.15) is 5.75 Å². The molecule has 0 N–H and O–H groups in total. The van der Waals surface area contributed by atoms with Crippen LogP contribution in [-0.4, -0.2) is 55.5 Å². The second-order valence-electron chi connectivity index (χ2n) is 4.61. The van der Waals surface area contributed by atoms with Crippen LogP contribution in [0.15, 0.2) is 22.7 Å². The summed E-state index contributed by atoms with van der Waals surface area (Å²) in [5.41, 5.74) is 0.165. The van der Waals surface area contributed by atoms with Crippen molar-refractivity contribution < 1.29 is 18.3 Å². The highest BCUT2D eigenvalue weighted by Crippen LogP contribution is 2.26. The minimum Gasteiger partial charge on any atom is -0.434 e. The molecule has 0 unspecified atom stereocenters. The monoisotopic (exact) mass is 348 g/mol. The van der Waals surface area contributed by atoms with Crippen LogP contribution in [0.25, 0.3) is 0 Å². The number of hydrogen-bond acceptors (Lipinski definition) is 3. The fourth-order valence-electron chi connectivity index (χ4n) is 2.05. The Morgan fingerprint density at radius 1 is 1.30 bits per heavy atom. The predicted molar refractivity (Wildman–Crippen MR) is 74.2 cm³/mol.